The molecule has 4 rings (SSSR count). The fourth-order valence-electron chi connectivity index (χ4n) is 2.70. The van der Waals surface area contributed by atoms with E-state index in [0.29, 0.717) is 19.8 Å². The van der Waals surface area contributed by atoms with Crippen LogP contribution in [-0.2, 0) is 9.47 Å². The van der Waals surface area contributed by atoms with Gasteiger partial charge in [0, 0.05) is 17.4 Å². The summed E-state index contributed by atoms with van der Waals surface area (Å²) in [6, 6.07) is 1.37. The largest absolute Gasteiger partial charge is 0.351 e. The number of aromatic nitrogens is 1. The van der Waals surface area contributed by atoms with E-state index in [-0.39, 0.29) is 32.8 Å². The highest BCUT2D eigenvalue weighted by Crippen LogP contribution is 2.38. The summed E-state index contributed by atoms with van der Waals surface area (Å²) in [4.78, 5) is 13.4. The molecule has 1 atom stereocenters. The minimum atomic E-state index is -1.16. The van der Waals surface area contributed by atoms with Gasteiger partial charge >= 0.3 is 0 Å². The highest BCUT2D eigenvalue weighted by Gasteiger charge is 2.34. The van der Waals surface area contributed by atoms with Crippen LogP contribution in [-0.4, -0.2) is 35.4 Å². The molecule has 0 spiro atoms. The number of amides is 1. The van der Waals surface area contributed by atoms with E-state index in [2.05, 4.69) is 5.16 Å². The normalized spacial score (nSPS) is 22.7. The van der Waals surface area contributed by atoms with Crippen molar-refractivity contribution in [3.8, 4) is 0 Å². The van der Waals surface area contributed by atoms with Gasteiger partial charge in [0.1, 0.15) is 0 Å². The Bertz CT molecular complexity index is 791. The number of ether oxygens (including phenoxy) is 2. The summed E-state index contributed by atoms with van der Waals surface area (Å²) in [5, 5.41) is 3.87. The lowest BCUT2D eigenvalue weighted by atomic mass is 10.1. The van der Waals surface area contributed by atoms with E-state index in [4.69, 9.17) is 14.0 Å². The first kappa shape index (κ1) is 14.9. The number of hydrogen-bond donors (Lipinski definition) is 0. The summed E-state index contributed by atoms with van der Waals surface area (Å²) in [6.07, 6.45) is -0.973. The van der Waals surface area contributed by atoms with Crippen molar-refractivity contribution in [1.82, 2.24) is 5.16 Å². The quantitative estimate of drug-likeness (QED) is 0.835. The van der Waals surface area contributed by atoms with Gasteiger partial charge in [0.05, 0.1) is 18.6 Å². The number of anilines is 1. The van der Waals surface area contributed by atoms with Crippen LogP contribution in [0.3, 0.4) is 0 Å². The van der Waals surface area contributed by atoms with Crippen LogP contribution < -0.4 is 4.90 Å². The number of thioether (sulfide) groups is 1. The molecule has 0 bridgehead atoms. The van der Waals surface area contributed by atoms with Gasteiger partial charge < -0.3 is 14.0 Å². The highest BCUT2D eigenvalue weighted by molar-refractivity contribution is 8.14. The van der Waals surface area contributed by atoms with Crippen molar-refractivity contribution in [2.45, 2.75) is 18.5 Å². The third-order valence-electron chi connectivity index (χ3n) is 3.75. The second-order valence-electron chi connectivity index (χ2n) is 5.36. The fraction of sp³-hybridized carbons (Fsp3) is 0.429. The summed E-state index contributed by atoms with van der Waals surface area (Å²) < 4.78 is 43.9. The zero-order chi connectivity index (χ0) is 16.1. The summed E-state index contributed by atoms with van der Waals surface area (Å²) >= 11 is 1.16. The second kappa shape index (κ2) is 5.43. The van der Waals surface area contributed by atoms with E-state index in [9.17, 15) is 13.6 Å². The summed E-state index contributed by atoms with van der Waals surface area (Å²) in [5.41, 5.74) is -0.388. The number of halogens is 2. The Hall–Kier alpha value is -1.71. The third-order valence-corrected chi connectivity index (χ3v) is 4.72. The molecule has 1 amide bonds. The number of hydrogen-bond acceptors (Lipinski definition) is 6. The Kier molecular flexibility index (Phi) is 3.51. The van der Waals surface area contributed by atoms with Gasteiger partial charge in [-0.3, -0.25) is 9.69 Å². The molecule has 122 valence electrons. The molecule has 2 saturated heterocycles. The van der Waals surface area contributed by atoms with Crippen molar-refractivity contribution in [1.29, 1.82) is 0 Å². The van der Waals surface area contributed by atoms with Crippen LogP contribution in [0.4, 0.5) is 19.4 Å². The molecule has 23 heavy (non-hydrogen) atoms. The zero-order valence-electron chi connectivity index (χ0n) is 12.0. The van der Waals surface area contributed by atoms with E-state index >= 15 is 0 Å². The monoisotopic (exact) mass is 342 g/mol. The first-order chi connectivity index (χ1) is 11.1. The van der Waals surface area contributed by atoms with Crippen LogP contribution >= 0.6 is 11.8 Å². The van der Waals surface area contributed by atoms with E-state index in [0.717, 1.165) is 11.8 Å². The number of fused-ring (bicyclic) bond motifs is 1. The predicted octanol–water partition coefficient (Wildman–Crippen LogP) is 3.21. The van der Waals surface area contributed by atoms with Gasteiger partial charge in [-0.15, -0.1) is 0 Å². The van der Waals surface area contributed by atoms with Gasteiger partial charge in [0.2, 0.25) is 11.4 Å². The minimum Gasteiger partial charge on any atom is -0.351 e. The Morgan fingerprint density at radius 1 is 1.30 bits per heavy atom. The number of rotatable bonds is 2. The average molecular weight is 342 g/mol. The molecule has 2 aliphatic rings. The first-order valence-electron chi connectivity index (χ1n) is 7.05. The van der Waals surface area contributed by atoms with Crippen molar-refractivity contribution >= 4 is 33.8 Å². The molecular formula is C14H12F2N2O4S. The van der Waals surface area contributed by atoms with Gasteiger partial charge in [-0.1, -0.05) is 23.8 Å². The maximum Gasteiger partial charge on any atom is 0.287 e. The fourth-order valence-corrected chi connectivity index (χ4v) is 3.56. The van der Waals surface area contributed by atoms with Gasteiger partial charge in [0.15, 0.2) is 17.9 Å². The van der Waals surface area contributed by atoms with Crippen LogP contribution in [0.1, 0.15) is 18.8 Å². The van der Waals surface area contributed by atoms with E-state index in [1.54, 1.807) is 0 Å². The molecule has 3 heterocycles. The average Bonchev–Trinajstić information content (AvgIpc) is 3.22. The second-order valence-corrected chi connectivity index (χ2v) is 6.74. The molecular weight excluding hydrogens is 330 g/mol. The van der Waals surface area contributed by atoms with Gasteiger partial charge in [-0.2, -0.15) is 4.39 Å². The number of benzene rings is 1. The zero-order valence-corrected chi connectivity index (χ0v) is 12.9. The van der Waals surface area contributed by atoms with Gasteiger partial charge in [-0.25, -0.2) is 4.39 Å². The van der Waals surface area contributed by atoms with Crippen molar-refractivity contribution in [2.24, 2.45) is 0 Å². The van der Waals surface area contributed by atoms with Crippen LogP contribution in [0.5, 0.6) is 0 Å². The molecule has 2 aromatic rings. The van der Waals surface area contributed by atoms with E-state index in [1.807, 2.05) is 6.92 Å². The van der Waals surface area contributed by atoms with Gasteiger partial charge in [-0.05, 0) is 6.07 Å². The molecule has 6 nitrogen and oxygen atoms in total. The van der Waals surface area contributed by atoms with Gasteiger partial charge in [0.25, 0.3) is 5.24 Å². The molecule has 2 fully saturated rings. The molecule has 2 aliphatic heterocycles. The van der Waals surface area contributed by atoms with Crippen molar-refractivity contribution in [3.05, 3.63) is 23.3 Å². The molecule has 1 aromatic carbocycles. The third kappa shape index (κ3) is 2.30. The molecule has 1 aromatic heterocycles. The topological polar surface area (TPSA) is 64.8 Å². The van der Waals surface area contributed by atoms with Crippen LogP contribution in [0.2, 0.25) is 0 Å². The Morgan fingerprint density at radius 2 is 2.04 bits per heavy atom. The lowest BCUT2D eigenvalue weighted by Gasteiger charge is -2.13. The molecule has 0 N–H and O–H groups in total. The highest BCUT2D eigenvalue weighted by atomic mass is 32.2. The standard InChI is InChI=1S/C14H12F2N2O4S/c1-6-5-18(14(19)23-6)12-8-4-7(13-20-2-3-21-13)9(15)10(16)11(8)22-17-12/h4,6,13H,2-3,5H2,1H3/t6-/m1/s1. The van der Waals surface area contributed by atoms with Crippen LogP contribution in [0, 0.1) is 11.6 Å². The smallest absolute Gasteiger partial charge is 0.287 e. The molecule has 0 aliphatic carbocycles. The maximum atomic E-state index is 14.3. The Balaban J connectivity index is 1.86. The molecule has 0 radical (unpaired) electrons. The Labute approximate surface area is 133 Å². The molecule has 0 saturated carbocycles. The summed E-state index contributed by atoms with van der Waals surface area (Å²) in [6.45, 7) is 2.94. The summed E-state index contributed by atoms with van der Waals surface area (Å²) in [7, 11) is 0. The van der Waals surface area contributed by atoms with E-state index < -0.39 is 17.9 Å². The summed E-state index contributed by atoms with van der Waals surface area (Å²) in [5.74, 6) is -2.08. The van der Waals surface area contributed by atoms with Crippen LogP contribution in [0.25, 0.3) is 11.0 Å². The molecule has 0 unspecified atom stereocenters. The minimum absolute atomic E-state index is 0.0655. The maximum absolute atomic E-state index is 14.3. The lowest BCUT2D eigenvalue weighted by molar-refractivity contribution is -0.0467. The number of carbonyl (C=O) groups excluding carboxylic acids is 1. The van der Waals surface area contributed by atoms with Crippen LogP contribution in [0.15, 0.2) is 10.6 Å². The first-order valence-corrected chi connectivity index (χ1v) is 7.93. The van der Waals surface area contributed by atoms with Crippen molar-refractivity contribution in [3.63, 3.8) is 0 Å². The SMILES string of the molecule is C[C@@H]1CN(c2noc3c(F)c(F)c(C4OCCO4)cc23)C(=O)S1. The van der Waals surface area contributed by atoms with E-state index in [1.165, 1.54) is 11.0 Å². The molecule has 9 heteroatoms. The van der Waals surface area contributed by atoms with Crippen molar-refractivity contribution < 1.29 is 27.6 Å². The predicted molar refractivity (Wildman–Crippen MR) is 78.4 cm³/mol. The number of nitrogens with zero attached hydrogens (tertiary/aromatic N) is 2. The van der Waals surface area contributed by atoms with Crippen molar-refractivity contribution in [2.75, 3.05) is 24.7 Å². The lowest BCUT2D eigenvalue weighted by Crippen LogP contribution is -2.24. The number of carbonyl (C=O) groups is 1. The Morgan fingerprint density at radius 3 is 2.70 bits per heavy atom.